The molecule has 1 heterocycles. The lowest BCUT2D eigenvalue weighted by Crippen LogP contribution is -2.28. The molecule has 1 aliphatic heterocycles. The lowest BCUT2D eigenvalue weighted by molar-refractivity contribution is -0.122. The van der Waals surface area contributed by atoms with Gasteiger partial charge in [0.05, 0.1) is 6.61 Å². The molecule has 2 rings (SSSR count). The standard InChI is InChI=1S/C15H22N2O3/c1-2-20-14-4-3-13(9-12(14)10-16)17-15(18)11-5-7-19-8-6-11/h3-4,9,11H,2,5-8,10,16H2,1H3,(H,17,18). The van der Waals surface area contributed by atoms with Crippen LogP contribution in [0.25, 0.3) is 0 Å². The molecule has 1 saturated heterocycles. The van der Waals surface area contributed by atoms with E-state index in [1.807, 2.05) is 25.1 Å². The summed E-state index contributed by atoms with van der Waals surface area (Å²) in [5.74, 6) is 0.871. The summed E-state index contributed by atoms with van der Waals surface area (Å²) in [5, 5.41) is 2.95. The summed E-state index contributed by atoms with van der Waals surface area (Å²) in [6.45, 7) is 4.24. The van der Waals surface area contributed by atoms with Gasteiger partial charge >= 0.3 is 0 Å². The van der Waals surface area contributed by atoms with E-state index >= 15 is 0 Å². The van der Waals surface area contributed by atoms with Crippen molar-refractivity contribution in [2.75, 3.05) is 25.1 Å². The molecule has 1 amide bonds. The Morgan fingerprint density at radius 3 is 2.85 bits per heavy atom. The monoisotopic (exact) mass is 278 g/mol. The lowest BCUT2D eigenvalue weighted by atomic mass is 9.99. The molecule has 0 spiro atoms. The molecule has 5 heteroatoms. The van der Waals surface area contributed by atoms with E-state index in [1.165, 1.54) is 0 Å². The normalized spacial score (nSPS) is 15.9. The Labute approximate surface area is 119 Å². The van der Waals surface area contributed by atoms with Crippen LogP contribution >= 0.6 is 0 Å². The van der Waals surface area contributed by atoms with E-state index in [2.05, 4.69) is 5.32 Å². The van der Waals surface area contributed by atoms with Gasteiger partial charge in [0.15, 0.2) is 0 Å². The van der Waals surface area contributed by atoms with E-state index in [4.69, 9.17) is 15.2 Å². The third kappa shape index (κ3) is 3.71. The molecule has 1 aliphatic rings. The second-order valence-electron chi connectivity index (χ2n) is 4.84. The molecule has 1 fully saturated rings. The topological polar surface area (TPSA) is 73.6 Å². The Hall–Kier alpha value is -1.59. The number of amides is 1. The number of carbonyl (C=O) groups is 1. The molecular weight excluding hydrogens is 256 g/mol. The minimum absolute atomic E-state index is 0.0386. The second kappa shape index (κ2) is 7.26. The Morgan fingerprint density at radius 1 is 1.45 bits per heavy atom. The molecule has 0 bridgehead atoms. The van der Waals surface area contributed by atoms with Gasteiger partial charge in [0.25, 0.3) is 0 Å². The van der Waals surface area contributed by atoms with Gasteiger partial charge in [-0.2, -0.15) is 0 Å². The molecule has 110 valence electrons. The maximum Gasteiger partial charge on any atom is 0.227 e. The van der Waals surface area contributed by atoms with Gasteiger partial charge in [-0.25, -0.2) is 0 Å². The van der Waals surface area contributed by atoms with Crippen LogP contribution in [0.1, 0.15) is 25.3 Å². The molecule has 0 unspecified atom stereocenters. The van der Waals surface area contributed by atoms with Gasteiger partial charge in [-0.05, 0) is 38.0 Å². The van der Waals surface area contributed by atoms with Gasteiger partial charge < -0.3 is 20.5 Å². The molecule has 20 heavy (non-hydrogen) atoms. The van der Waals surface area contributed by atoms with Gasteiger partial charge in [0.1, 0.15) is 5.75 Å². The van der Waals surface area contributed by atoms with Crippen LogP contribution in [-0.4, -0.2) is 25.7 Å². The highest BCUT2D eigenvalue weighted by Crippen LogP contribution is 2.24. The predicted octanol–water partition coefficient (Wildman–Crippen LogP) is 1.91. The fourth-order valence-electron chi connectivity index (χ4n) is 2.32. The summed E-state index contributed by atoms with van der Waals surface area (Å²) < 4.78 is 10.8. The summed E-state index contributed by atoms with van der Waals surface area (Å²) in [4.78, 5) is 12.1. The summed E-state index contributed by atoms with van der Waals surface area (Å²) in [6, 6.07) is 5.58. The fraction of sp³-hybridized carbons (Fsp3) is 0.533. The number of ether oxygens (including phenoxy) is 2. The zero-order chi connectivity index (χ0) is 14.4. The molecule has 0 atom stereocenters. The number of nitrogens with two attached hydrogens (primary N) is 1. The van der Waals surface area contributed by atoms with Crippen molar-refractivity contribution in [1.29, 1.82) is 0 Å². The molecule has 3 N–H and O–H groups in total. The van der Waals surface area contributed by atoms with Gasteiger partial charge in [-0.3, -0.25) is 4.79 Å². The Kier molecular flexibility index (Phi) is 5.38. The number of hydrogen-bond acceptors (Lipinski definition) is 4. The summed E-state index contributed by atoms with van der Waals surface area (Å²) >= 11 is 0. The highest BCUT2D eigenvalue weighted by Gasteiger charge is 2.21. The lowest BCUT2D eigenvalue weighted by Gasteiger charge is -2.21. The number of anilines is 1. The Bertz CT molecular complexity index is 456. The van der Waals surface area contributed by atoms with E-state index in [9.17, 15) is 4.79 Å². The molecule has 1 aromatic rings. The first-order valence-corrected chi connectivity index (χ1v) is 7.09. The van der Waals surface area contributed by atoms with Gasteiger partial charge in [0.2, 0.25) is 5.91 Å². The first-order chi connectivity index (χ1) is 9.74. The quantitative estimate of drug-likeness (QED) is 0.863. The second-order valence-corrected chi connectivity index (χ2v) is 4.84. The van der Waals surface area contributed by atoms with Crippen LogP contribution in [0, 0.1) is 5.92 Å². The predicted molar refractivity (Wildman–Crippen MR) is 77.7 cm³/mol. The molecule has 0 saturated carbocycles. The van der Waals surface area contributed by atoms with Crippen molar-refractivity contribution >= 4 is 11.6 Å². The van der Waals surface area contributed by atoms with Crippen LogP contribution in [0.4, 0.5) is 5.69 Å². The minimum Gasteiger partial charge on any atom is -0.494 e. The number of carbonyl (C=O) groups excluding carboxylic acids is 1. The highest BCUT2D eigenvalue weighted by molar-refractivity contribution is 5.92. The van der Waals surface area contributed by atoms with Crippen molar-refractivity contribution in [2.45, 2.75) is 26.3 Å². The van der Waals surface area contributed by atoms with Crippen molar-refractivity contribution in [3.8, 4) is 5.75 Å². The van der Waals surface area contributed by atoms with Crippen LogP contribution in [-0.2, 0) is 16.1 Å². The SMILES string of the molecule is CCOc1ccc(NC(=O)C2CCOCC2)cc1CN. The molecule has 0 radical (unpaired) electrons. The van der Waals surface area contributed by atoms with Crippen LogP contribution in [0.3, 0.4) is 0 Å². The summed E-state index contributed by atoms with van der Waals surface area (Å²) in [6.07, 6.45) is 1.57. The van der Waals surface area contributed by atoms with Crippen molar-refractivity contribution < 1.29 is 14.3 Å². The van der Waals surface area contributed by atoms with E-state index in [0.29, 0.717) is 26.4 Å². The average molecular weight is 278 g/mol. The van der Waals surface area contributed by atoms with Crippen molar-refractivity contribution in [3.63, 3.8) is 0 Å². The third-order valence-corrected chi connectivity index (χ3v) is 3.44. The first-order valence-electron chi connectivity index (χ1n) is 7.09. The Balaban J connectivity index is 2.03. The number of rotatable bonds is 5. The van der Waals surface area contributed by atoms with Gasteiger partial charge in [-0.1, -0.05) is 0 Å². The molecule has 0 aromatic heterocycles. The zero-order valence-corrected chi connectivity index (χ0v) is 11.9. The zero-order valence-electron chi connectivity index (χ0n) is 11.9. The summed E-state index contributed by atoms with van der Waals surface area (Å²) in [7, 11) is 0. The summed E-state index contributed by atoms with van der Waals surface area (Å²) in [5.41, 5.74) is 7.38. The maximum absolute atomic E-state index is 12.1. The fourth-order valence-corrected chi connectivity index (χ4v) is 2.32. The maximum atomic E-state index is 12.1. The van der Waals surface area contributed by atoms with E-state index < -0.39 is 0 Å². The Morgan fingerprint density at radius 2 is 2.20 bits per heavy atom. The van der Waals surface area contributed by atoms with Crippen molar-refractivity contribution in [3.05, 3.63) is 23.8 Å². The van der Waals surface area contributed by atoms with E-state index in [1.54, 1.807) is 0 Å². The van der Waals surface area contributed by atoms with E-state index in [-0.39, 0.29) is 11.8 Å². The third-order valence-electron chi connectivity index (χ3n) is 3.44. The average Bonchev–Trinajstić information content (AvgIpc) is 2.50. The smallest absolute Gasteiger partial charge is 0.227 e. The van der Waals surface area contributed by atoms with E-state index in [0.717, 1.165) is 29.8 Å². The number of benzene rings is 1. The van der Waals surface area contributed by atoms with Gasteiger partial charge in [0, 0.05) is 36.9 Å². The van der Waals surface area contributed by atoms with Crippen molar-refractivity contribution in [2.24, 2.45) is 11.7 Å². The highest BCUT2D eigenvalue weighted by atomic mass is 16.5. The molecule has 5 nitrogen and oxygen atoms in total. The van der Waals surface area contributed by atoms with Crippen LogP contribution in [0.5, 0.6) is 5.75 Å². The largest absolute Gasteiger partial charge is 0.494 e. The molecular formula is C15H22N2O3. The molecule has 0 aliphatic carbocycles. The van der Waals surface area contributed by atoms with Crippen LogP contribution in [0.15, 0.2) is 18.2 Å². The van der Waals surface area contributed by atoms with Crippen molar-refractivity contribution in [1.82, 2.24) is 0 Å². The van der Waals surface area contributed by atoms with Gasteiger partial charge in [-0.15, -0.1) is 0 Å². The van der Waals surface area contributed by atoms with Crippen LogP contribution < -0.4 is 15.8 Å². The number of hydrogen-bond donors (Lipinski definition) is 2. The molecule has 1 aromatic carbocycles. The van der Waals surface area contributed by atoms with Crippen LogP contribution in [0.2, 0.25) is 0 Å². The number of nitrogens with one attached hydrogen (secondary N) is 1. The first kappa shape index (κ1) is 14.8. The minimum atomic E-state index is 0.0386.